The molecule has 0 aromatic heterocycles. The lowest BCUT2D eigenvalue weighted by atomic mass is 9.94. The number of hydrogen-bond donors (Lipinski definition) is 3. The fraction of sp³-hybridized carbons (Fsp3) is 0.364. The van der Waals surface area contributed by atoms with Crippen LogP contribution in [0.3, 0.4) is 0 Å². The van der Waals surface area contributed by atoms with Crippen LogP contribution >= 0.6 is 0 Å². The molecule has 2 atom stereocenters. The van der Waals surface area contributed by atoms with Gasteiger partial charge < -0.3 is 15.7 Å². The number of carboxylic acid groups (broad SMARTS) is 1. The van der Waals surface area contributed by atoms with Crippen LogP contribution in [-0.4, -0.2) is 30.3 Å². The van der Waals surface area contributed by atoms with Gasteiger partial charge in [0.05, 0.1) is 6.04 Å². The molecule has 4 nitrogen and oxygen atoms in total. The number of rotatable bonds is 2. The fourth-order valence-corrected chi connectivity index (χ4v) is 2.08. The first-order valence-corrected chi connectivity index (χ1v) is 5.12. The Bertz CT molecular complexity index is 397. The van der Waals surface area contributed by atoms with Crippen LogP contribution in [0.15, 0.2) is 24.3 Å². The molecule has 1 amide bonds. The van der Waals surface area contributed by atoms with Gasteiger partial charge in [-0.25, -0.2) is 9.18 Å². The van der Waals surface area contributed by atoms with Gasteiger partial charge in [0, 0.05) is 19.0 Å². The summed E-state index contributed by atoms with van der Waals surface area (Å²) >= 11 is 0. The largest absolute Gasteiger partial charge is 0.465 e. The first kappa shape index (κ1) is 10.9. The van der Waals surface area contributed by atoms with Crippen LogP contribution in [0.2, 0.25) is 0 Å². The van der Waals surface area contributed by atoms with Crippen LogP contribution in [0.4, 0.5) is 9.18 Å². The SMILES string of the molecule is O=C(O)N[C@H]1CNC[C@@H]1c1cccc(F)c1. The zero-order valence-electron chi connectivity index (χ0n) is 8.61. The number of halogens is 1. The minimum absolute atomic E-state index is 0.00759. The van der Waals surface area contributed by atoms with E-state index in [1.807, 2.05) is 6.07 Å². The molecule has 0 radical (unpaired) electrons. The van der Waals surface area contributed by atoms with E-state index >= 15 is 0 Å². The molecule has 0 unspecified atom stereocenters. The predicted molar refractivity (Wildman–Crippen MR) is 57.0 cm³/mol. The third-order valence-electron chi connectivity index (χ3n) is 2.80. The van der Waals surface area contributed by atoms with E-state index < -0.39 is 6.09 Å². The maximum atomic E-state index is 13.1. The molecule has 1 aliphatic rings. The zero-order valence-corrected chi connectivity index (χ0v) is 8.61. The molecule has 0 saturated carbocycles. The Morgan fingerprint density at radius 3 is 3.00 bits per heavy atom. The summed E-state index contributed by atoms with van der Waals surface area (Å²) in [6.45, 7) is 1.24. The lowest BCUT2D eigenvalue weighted by Gasteiger charge is -2.18. The quantitative estimate of drug-likeness (QED) is 0.706. The standard InChI is InChI=1S/C11H13FN2O2/c12-8-3-1-2-7(4-8)9-5-13-6-10(9)14-11(15)16/h1-4,9-10,13-14H,5-6H2,(H,15,16)/t9-,10+/m1/s1. The van der Waals surface area contributed by atoms with Gasteiger partial charge in [-0.1, -0.05) is 12.1 Å². The van der Waals surface area contributed by atoms with Crippen LogP contribution in [0.25, 0.3) is 0 Å². The molecule has 5 heteroatoms. The molecule has 1 saturated heterocycles. The minimum Gasteiger partial charge on any atom is -0.465 e. The number of nitrogens with one attached hydrogen (secondary N) is 2. The number of hydrogen-bond acceptors (Lipinski definition) is 2. The Balaban J connectivity index is 2.16. The summed E-state index contributed by atoms with van der Waals surface area (Å²) in [7, 11) is 0. The topological polar surface area (TPSA) is 61.4 Å². The van der Waals surface area contributed by atoms with Crippen molar-refractivity contribution in [3.63, 3.8) is 0 Å². The van der Waals surface area contributed by atoms with Gasteiger partial charge in [-0.3, -0.25) is 0 Å². The normalized spacial score (nSPS) is 24.3. The van der Waals surface area contributed by atoms with E-state index in [9.17, 15) is 9.18 Å². The van der Waals surface area contributed by atoms with Crippen molar-refractivity contribution in [1.29, 1.82) is 0 Å². The van der Waals surface area contributed by atoms with E-state index in [1.165, 1.54) is 12.1 Å². The Kier molecular flexibility index (Phi) is 3.05. The highest BCUT2D eigenvalue weighted by molar-refractivity contribution is 5.65. The van der Waals surface area contributed by atoms with E-state index in [-0.39, 0.29) is 17.8 Å². The van der Waals surface area contributed by atoms with Crippen molar-refractivity contribution in [2.45, 2.75) is 12.0 Å². The smallest absolute Gasteiger partial charge is 0.404 e. The van der Waals surface area contributed by atoms with Crippen molar-refractivity contribution < 1.29 is 14.3 Å². The van der Waals surface area contributed by atoms with Gasteiger partial charge in [0.15, 0.2) is 0 Å². The van der Waals surface area contributed by atoms with E-state index in [0.29, 0.717) is 13.1 Å². The van der Waals surface area contributed by atoms with Gasteiger partial charge in [-0.15, -0.1) is 0 Å². The molecule has 1 fully saturated rings. The first-order valence-electron chi connectivity index (χ1n) is 5.12. The summed E-state index contributed by atoms with van der Waals surface area (Å²) in [6.07, 6.45) is -1.05. The fourth-order valence-electron chi connectivity index (χ4n) is 2.08. The van der Waals surface area contributed by atoms with Crippen molar-refractivity contribution in [1.82, 2.24) is 10.6 Å². The first-order chi connectivity index (χ1) is 7.66. The van der Waals surface area contributed by atoms with E-state index in [0.717, 1.165) is 5.56 Å². The van der Waals surface area contributed by atoms with Crippen molar-refractivity contribution >= 4 is 6.09 Å². The molecule has 0 bridgehead atoms. The van der Waals surface area contributed by atoms with Gasteiger partial charge in [0.25, 0.3) is 0 Å². The second-order valence-corrected chi connectivity index (χ2v) is 3.88. The van der Waals surface area contributed by atoms with Crippen molar-refractivity contribution in [2.75, 3.05) is 13.1 Å². The average molecular weight is 224 g/mol. The molecule has 3 N–H and O–H groups in total. The highest BCUT2D eigenvalue weighted by Crippen LogP contribution is 2.23. The maximum Gasteiger partial charge on any atom is 0.404 e. The van der Waals surface area contributed by atoms with Crippen LogP contribution < -0.4 is 10.6 Å². The Morgan fingerprint density at radius 2 is 2.31 bits per heavy atom. The van der Waals surface area contributed by atoms with Crippen LogP contribution in [0.5, 0.6) is 0 Å². The summed E-state index contributed by atoms with van der Waals surface area (Å²) in [5.74, 6) is -0.301. The Labute approximate surface area is 92.5 Å². The molecule has 0 aliphatic carbocycles. The second kappa shape index (κ2) is 4.49. The molecular formula is C11H13FN2O2. The molecule has 1 aromatic carbocycles. The van der Waals surface area contributed by atoms with Gasteiger partial charge in [0.2, 0.25) is 0 Å². The van der Waals surface area contributed by atoms with Gasteiger partial charge in [0.1, 0.15) is 5.82 Å². The van der Waals surface area contributed by atoms with Gasteiger partial charge in [-0.05, 0) is 17.7 Å². The molecule has 16 heavy (non-hydrogen) atoms. The number of carbonyl (C=O) groups is 1. The molecule has 86 valence electrons. The molecule has 1 heterocycles. The molecule has 2 rings (SSSR count). The lowest BCUT2D eigenvalue weighted by Crippen LogP contribution is -2.38. The average Bonchev–Trinajstić information content (AvgIpc) is 2.65. The third-order valence-corrected chi connectivity index (χ3v) is 2.80. The second-order valence-electron chi connectivity index (χ2n) is 3.88. The van der Waals surface area contributed by atoms with Crippen molar-refractivity contribution in [3.8, 4) is 0 Å². The molecule has 0 spiro atoms. The maximum absolute atomic E-state index is 13.1. The Morgan fingerprint density at radius 1 is 1.50 bits per heavy atom. The predicted octanol–water partition coefficient (Wildman–Crippen LogP) is 1.15. The molecule has 1 aromatic rings. The van der Waals surface area contributed by atoms with Gasteiger partial charge >= 0.3 is 6.09 Å². The van der Waals surface area contributed by atoms with E-state index in [2.05, 4.69) is 10.6 Å². The lowest BCUT2D eigenvalue weighted by molar-refractivity contribution is 0.189. The summed E-state index contributed by atoms with van der Waals surface area (Å²) in [4.78, 5) is 10.6. The summed E-state index contributed by atoms with van der Waals surface area (Å²) < 4.78 is 13.1. The number of amides is 1. The van der Waals surface area contributed by atoms with Gasteiger partial charge in [-0.2, -0.15) is 0 Å². The Hall–Kier alpha value is -1.62. The monoisotopic (exact) mass is 224 g/mol. The van der Waals surface area contributed by atoms with Crippen LogP contribution in [0, 0.1) is 5.82 Å². The summed E-state index contributed by atoms with van der Waals surface area (Å²) in [6, 6.07) is 6.09. The van der Waals surface area contributed by atoms with E-state index in [4.69, 9.17) is 5.11 Å². The highest BCUT2D eigenvalue weighted by Gasteiger charge is 2.29. The van der Waals surface area contributed by atoms with Crippen LogP contribution in [-0.2, 0) is 0 Å². The highest BCUT2D eigenvalue weighted by atomic mass is 19.1. The summed E-state index contributed by atoms with van der Waals surface area (Å²) in [5.41, 5.74) is 0.823. The van der Waals surface area contributed by atoms with Crippen molar-refractivity contribution in [3.05, 3.63) is 35.6 Å². The molecular weight excluding hydrogens is 211 g/mol. The zero-order chi connectivity index (χ0) is 11.5. The molecule has 1 aliphatic heterocycles. The van der Waals surface area contributed by atoms with E-state index in [1.54, 1.807) is 6.07 Å². The van der Waals surface area contributed by atoms with Crippen LogP contribution in [0.1, 0.15) is 11.5 Å². The van der Waals surface area contributed by atoms with Crippen molar-refractivity contribution in [2.24, 2.45) is 0 Å². The number of benzene rings is 1. The summed E-state index contributed by atoms with van der Waals surface area (Å²) in [5, 5.41) is 14.2. The minimum atomic E-state index is -1.05. The third kappa shape index (κ3) is 2.30.